The molecule has 0 saturated heterocycles. The second-order valence-corrected chi connectivity index (χ2v) is 5.08. The van der Waals surface area contributed by atoms with Crippen LogP contribution in [0.4, 0.5) is 0 Å². The standard InChI is InChI=1S/C15H22N2O2/c1-11(2)9-13(4)16-17-15(18)10-19-14-7-5-12(3)6-8-14/h5-8,11H,9-10H2,1-4H3,(H,17,18). The molecular formula is C15H22N2O2. The summed E-state index contributed by atoms with van der Waals surface area (Å²) >= 11 is 0. The second kappa shape index (κ2) is 7.56. The van der Waals surface area contributed by atoms with Crippen molar-refractivity contribution >= 4 is 11.6 Å². The molecule has 0 aliphatic rings. The first kappa shape index (κ1) is 15.2. The molecule has 0 unspecified atom stereocenters. The van der Waals surface area contributed by atoms with Crippen LogP contribution < -0.4 is 10.2 Å². The van der Waals surface area contributed by atoms with E-state index < -0.39 is 0 Å². The number of nitrogens with zero attached hydrogens (tertiary/aromatic N) is 1. The third-order valence-corrected chi connectivity index (χ3v) is 2.47. The molecule has 1 aromatic carbocycles. The van der Waals surface area contributed by atoms with Gasteiger partial charge in [0.2, 0.25) is 0 Å². The second-order valence-electron chi connectivity index (χ2n) is 5.08. The highest BCUT2D eigenvalue weighted by atomic mass is 16.5. The van der Waals surface area contributed by atoms with Gasteiger partial charge in [0.15, 0.2) is 6.61 Å². The average molecular weight is 262 g/mol. The molecule has 0 heterocycles. The Bertz CT molecular complexity index is 436. The number of rotatable bonds is 6. The van der Waals surface area contributed by atoms with Crippen molar-refractivity contribution in [1.82, 2.24) is 5.43 Å². The number of hydrogen-bond acceptors (Lipinski definition) is 3. The van der Waals surface area contributed by atoms with Crippen molar-refractivity contribution in [2.45, 2.75) is 34.1 Å². The number of carbonyl (C=O) groups excluding carboxylic acids is 1. The van der Waals surface area contributed by atoms with Crippen LogP contribution in [-0.2, 0) is 4.79 Å². The van der Waals surface area contributed by atoms with Gasteiger partial charge in [0.25, 0.3) is 5.91 Å². The fourth-order valence-electron chi connectivity index (χ4n) is 1.61. The van der Waals surface area contributed by atoms with Crippen LogP contribution in [0.3, 0.4) is 0 Å². The predicted octanol–water partition coefficient (Wildman–Crippen LogP) is 2.91. The van der Waals surface area contributed by atoms with E-state index in [1.165, 1.54) is 0 Å². The Labute approximate surface area is 114 Å². The minimum Gasteiger partial charge on any atom is -0.484 e. The molecular weight excluding hydrogens is 240 g/mol. The van der Waals surface area contributed by atoms with Crippen molar-refractivity contribution < 1.29 is 9.53 Å². The summed E-state index contributed by atoms with van der Waals surface area (Å²) in [5, 5.41) is 4.03. The van der Waals surface area contributed by atoms with Crippen molar-refractivity contribution in [2.24, 2.45) is 11.0 Å². The highest BCUT2D eigenvalue weighted by Gasteiger charge is 2.02. The predicted molar refractivity (Wildman–Crippen MR) is 77.4 cm³/mol. The van der Waals surface area contributed by atoms with Crippen LogP contribution in [0.15, 0.2) is 29.4 Å². The number of amides is 1. The van der Waals surface area contributed by atoms with Crippen LogP contribution in [0.25, 0.3) is 0 Å². The Morgan fingerprint density at radius 1 is 1.32 bits per heavy atom. The van der Waals surface area contributed by atoms with Crippen LogP contribution in [-0.4, -0.2) is 18.2 Å². The smallest absolute Gasteiger partial charge is 0.277 e. The fourth-order valence-corrected chi connectivity index (χ4v) is 1.61. The zero-order chi connectivity index (χ0) is 14.3. The Kier molecular flexibility index (Phi) is 6.06. The van der Waals surface area contributed by atoms with Gasteiger partial charge in [0.05, 0.1) is 0 Å². The molecule has 104 valence electrons. The molecule has 0 saturated carbocycles. The molecule has 0 aliphatic heterocycles. The van der Waals surface area contributed by atoms with Crippen molar-refractivity contribution in [3.05, 3.63) is 29.8 Å². The first-order valence-corrected chi connectivity index (χ1v) is 6.49. The number of nitrogens with one attached hydrogen (secondary N) is 1. The number of benzene rings is 1. The average Bonchev–Trinajstić information content (AvgIpc) is 2.35. The van der Waals surface area contributed by atoms with Crippen molar-refractivity contribution in [1.29, 1.82) is 0 Å². The molecule has 0 aromatic heterocycles. The molecule has 1 rings (SSSR count). The summed E-state index contributed by atoms with van der Waals surface area (Å²) in [6.07, 6.45) is 0.874. The third kappa shape index (κ3) is 6.60. The van der Waals surface area contributed by atoms with Crippen molar-refractivity contribution in [3.63, 3.8) is 0 Å². The number of hydrogen-bond donors (Lipinski definition) is 1. The quantitative estimate of drug-likeness (QED) is 0.633. The van der Waals surface area contributed by atoms with Gasteiger partial charge in [-0.05, 0) is 38.3 Å². The lowest BCUT2D eigenvalue weighted by molar-refractivity contribution is -0.123. The summed E-state index contributed by atoms with van der Waals surface area (Å²) in [6, 6.07) is 7.57. The van der Waals surface area contributed by atoms with E-state index in [-0.39, 0.29) is 12.5 Å². The van der Waals surface area contributed by atoms with E-state index in [9.17, 15) is 4.79 Å². The normalized spacial score (nSPS) is 11.5. The number of ether oxygens (including phenoxy) is 1. The SMILES string of the molecule is CC(CC(C)C)=NNC(=O)COc1ccc(C)cc1. The zero-order valence-electron chi connectivity index (χ0n) is 12.1. The van der Waals surface area contributed by atoms with E-state index in [1.54, 1.807) is 0 Å². The monoisotopic (exact) mass is 262 g/mol. The van der Waals surface area contributed by atoms with Crippen LogP contribution in [0, 0.1) is 12.8 Å². The van der Waals surface area contributed by atoms with Crippen LogP contribution in [0.1, 0.15) is 32.8 Å². The van der Waals surface area contributed by atoms with Crippen molar-refractivity contribution in [3.8, 4) is 5.75 Å². The molecule has 19 heavy (non-hydrogen) atoms. The van der Waals surface area contributed by atoms with Crippen molar-refractivity contribution in [2.75, 3.05) is 6.61 Å². The molecule has 1 N–H and O–H groups in total. The largest absolute Gasteiger partial charge is 0.484 e. The summed E-state index contributed by atoms with van der Waals surface area (Å²) in [4.78, 5) is 11.5. The van der Waals surface area contributed by atoms with Gasteiger partial charge in [-0.3, -0.25) is 4.79 Å². The maximum atomic E-state index is 11.5. The summed E-state index contributed by atoms with van der Waals surface area (Å²) in [7, 11) is 0. The molecule has 0 bridgehead atoms. The molecule has 4 heteroatoms. The Hall–Kier alpha value is -1.84. The van der Waals surface area contributed by atoms with Gasteiger partial charge < -0.3 is 4.74 Å². The van der Waals surface area contributed by atoms with E-state index in [0.29, 0.717) is 11.7 Å². The van der Waals surface area contributed by atoms with Crippen LogP contribution in [0.5, 0.6) is 5.75 Å². The van der Waals surface area contributed by atoms with Gasteiger partial charge in [0.1, 0.15) is 5.75 Å². The molecule has 0 radical (unpaired) electrons. The van der Waals surface area contributed by atoms with E-state index in [0.717, 1.165) is 17.7 Å². The highest BCUT2D eigenvalue weighted by Crippen LogP contribution is 2.10. The zero-order valence-corrected chi connectivity index (χ0v) is 12.1. The van der Waals surface area contributed by atoms with Gasteiger partial charge >= 0.3 is 0 Å². The number of hydrazone groups is 1. The summed E-state index contributed by atoms with van der Waals surface area (Å²) in [6.45, 7) is 8.11. The number of aryl methyl sites for hydroxylation is 1. The Morgan fingerprint density at radius 2 is 1.95 bits per heavy atom. The molecule has 0 fully saturated rings. The van der Waals surface area contributed by atoms with E-state index in [2.05, 4.69) is 24.4 Å². The lowest BCUT2D eigenvalue weighted by Crippen LogP contribution is -2.25. The van der Waals surface area contributed by atoms with Gasteiger partial charge in [-0.1, -0.05) is 31.5 Å². The molecule has 1 aromatic rings. The molecule has 1 amide bonds. The van der Waals surface area contributed by atoms with E-state index in [4.69, 9.17) is 4.74 Å². The maximum Gasteiger partial charge on any atom is 0.277 e. The van der Waals surface area contributed by atoms with Gasteiger partial charge in [-0.15, -0.1) is 0 Å². The third-order valence-electron chi connectivity index (χ3n) is 2.47. The van der Waals surface area contributed by atoms with Crippen LogP contribution >= 0.6 is 0 Å². The summed E-state index contributed by atoms with van der Waals surface area (Å²) < 4.78 is 5.35. The molecule has 0 atom stereocenters. The molecule has 4 nitrogen and oxygen atoms in total. The van der Waals surface area contributed by atoms with Gasteiger partial charge in [-0.25, -0.2) is 5.43 Å². The van der Waals surface area contributed by atoms with E-state index >= 15 is 0 Å². The molecule has 0 spiro atoms. The first-order valence-electron chi connectivity index (χ1n) is 6.49. The minimum absolute atomic E-state index is 0.0263. The Balaban J connectivity index is 2.34. The molecule has 0 aliphatic carbocycles. The summed E-state index contributed by atoms with van der Waals surface area (Å²) in [5.74, 6) is 0.969. The lowest BCUT2D eigenvalue weighted by atomic mass is 10.1. The fraction of sp³-hybridized carbons (Fsp3) is 0.467. The van der Waals surface area contributed by atoms with E-state index in [1.807, 2.05) is 38.1 Å². The lowest BCUT2D eigenvalue weighted by Gasteiger charge is -2.07. The van der Waals surface area contributed by atoms with Crippen LogP contribution in [0.2, 0.25) is 0 Å². The Morgan fingerprint density at radius 3 is 2.53 bits per heavy atom. The topological polar surface area (TPSA) is 50.7 Å². The highest BCUT2D eigenvalue weighted by molar-refractivity contribution is 5.84. The summed E-state index contributed by atoms with van der Waals surface area (Å²) in [5.41, 5.74) is 4.57. The minimum atomic E-state index is -0.247. The first-order chi connectivity index (χ1) is 8.97. The maximum absolute atomic E-state index is 11.5. The van der Waals surface area contributed by atoms with Gasteiger partial charge in [-0.2, -0.15) is 5.10 Å². The van der Waals surface area contributed by atoms with Gasteiger partial charge in [0, 0.05) is 5.71 Å². The number of carbonyl (C=O) groups is 1.